The molecule has 0 aliphatic heterocycles. The van der Waals surface area contributed by atoms with Crippen molar-refractivity contribution in [1.29, 1.82) is 0 Å². The van der Waals surface area contributed by atoms with Crippen LogP contribution in [-0.4, -0.2) is 7.05 Å². The second-order valence-electron chi connectivity index (χ2n) is 4.45. The molecule has 102 valence electrons. The fraction of sp³-hybridized carbons (Fsp3) is 0.286. The Morgan fingerprint density at radius 3 is 2.32 bits per heavy atom. The average molecular weight is 424 g/mol. The van der Waals surface area contributed by atoms with Gasteiger partial charge in [0.25, 0.3) is 0 Å². The summed E-state index contributed by atoms with van der Waals surface area (Å²) in [6, 6.07) is 6.44. The van der Waals surface area contributed by atoms with Crippen LogP contribution in [0.2, 0.25) is 5.02 Å². The first-order valence-corrected chi connectivity index (χ1v) is 8.60. The zero-order chi connectivity index (χ0) is 14.2. The maximum Gasteiger partial charge on any atom is 0.0843 e. The largest absolute Gasteiger partial charge is 0.309 e. The molecule has 2 aromatic rings. The summed E-state index contributed by atoms with van der Waals surface area (Å²) in [7, 11) is 1.96. The third kappa shape index (κ3) is 3.24. The van der Waals surface area contributed by atoms with Crippen LogP contribution in [0.15, 0.2) is 26.5 Å². The standard InChI is InChI=1S/C14H14Br2ClNS/c1-7-4-9(11(17)5-8(7)2)13(18-3)12-6-10(15)14(16)19-12/h4-6,13,18H,1-3H3. The molecule has 0 saturated carbocycles. The summed E-state index contributed by atoms with van der Waals surface area (Å²) in [5.74, 6) is 0. The molecular formula is C14H14Br2ClNS. The van der Waals surface area contributed by atoms with E-state index in [2.05, 4.69) is 63.2 Å². The summed E-state index contributed by atoms with van der Waals surface area (Å²) in [5.41, 5.74) is 3.60. The topological polar surface area (TPSA) is 12.0 Å². The maximum atomic E-state index is 6.41. The lowest BCUT2D eigenvalue weighted by atomic mass is 10.00. The minimum Gasteiger partial charge on any atom is -0.309 e. The Labute approximate surface area is 139 Å². The molecule has 0 bridgehead atoms. The Kier molecular flexibility index (Phi) is 5.12. The van der Waals surface area contributed by atoms with Crippen molar-refractivity contribution in [3.63, 3.8) is 0 Å². The van der Waals surface area contributed by atoms with Gasteiger partial charge in [-0.25, -0.2) is 0 Å². The van der Waals surface area contributed by atoms with E-state index >= 15 is 0 Å². The lowest BCUT2D eigenvalue weighted by molar-refractivity contribution is 0.703. The number of aryl methyl sites for hydroxylation is 2. The zero-order valence-corrected chi connectivity index (χ0v) is 15.6. The molecular weight excluding hydrogens is 409 g/mol. The van der Waals surface area contributed by atoms with E-state index in [1.807, 2.05) is 13.1 Å². The molecule has 19 heavy (non-hydrogen) atoms. The van der Waals surface area contributed by atoms with Gasteiger partial charge in [-0.05, 0) is 81.6 Å². The molecule has 1 aromatic carbocycles. The van der Waals surface area contributed by atoms with Crippen molar-refractivity contribution >= 4 is 54.8 Å². The second-order valence-corrected chi connectivity index (χ2v) is 8.11. The minimum absolute atomic E-state index is 0.111. The Bertz CT molecular complexity index is 590. The normalized spacial score (nSPS) is 12.7. The second kappa shape index (κ2) is 6.27. The Morgan fingerprint density at radius 1 is 1.16 bits per heavy atom. The van der Waals surface area contributed by atoms with Gasteiger partial charge in [0.1, 0.15) is 0 Å². The van der Waals surface area contributed by atoms with E-state index in [0.29, 0.717) is 0 Å². The zero-order valence-electron chi connectivity index (χ0n) is 10.9. The average Bonchev–Trinajstić information content (AvgIpc) is 2.67. The first-order valence-electron chi connectivity index (χ1n) is 5.82. The van der Waals surface area contributed by atoms with Gasteiger partial charge in [0.2, 0.25) is 0 Å². The molecule has 2 rings (SSSR count). The predicted octanol–water partition coefficient (Wildman–Crippen LogP) is 5.85. The van der Waals surface area contributed by atoms with Gasteiger partial charge in [-0.3, -0.25) is 0 Å². The van der Waals surface area contributed by atoms with Gasteiger partial charge in [-0.1, -0.05) is 17.7 Å². The van der Waals surface area contributed by atoms with Crippen LogP contribution in [0, 0.1) is 13.8 Å². The van der Waals surface area contributed by atoms with Crippen LogP contribution in [0.25, 0.3) is 0 Å². The van der Waals surface area contributed by atoms with Crippen LogP contribution in [0.1, 0.15) is 27.6 Å². The number of rotatable bonds is 3. The summed E-state index contributed by atoms with van der Waals surface area (Å²) in [4.78, 5) is 1.23. The molecule has 0 saturated heterocycles. The van der Waals surface area contributed by atoms with E-state index in [1.165, 1.54) is 16.0 Å². The number of halogens is 3. The minimum atomic E-state index is 0.111. The molecule has 1 aromatic heterocycles. The number of hydrogen-bond donors (Lipinski definition) is 1. The van der Waals surface area contributed by atoms with Crippen LogP contribution in [-0.2, 0) is 0 Å². The quantitative estimate of drug-likeness (QED) is 0.653. The van der Waals surface area contributed by atoms with Gasteiger partial charge >= 0.3 is 0 Å². The third-order valence-electron chi connectivity index (χ3n) is 3.16. The highest BCUT2D eigenvalue weighted by molar-refractivity contribution is 9.13. The van der Waals surface area contributed by atoms with E-state index in [1.54, 1.807) is 11.3 Å². The van der Waals surface area contributed by atoms with Crippen molar-refractivity contribution in [1.82, 2.24) is 5.32 Å². The molecule has 0 amide bonds. The highest BCUT2D eigenvalue weighted by Crippen LogP contribution is 2.39. The van der Waals surface area contributed by atoms with E-state index < -0.39 is 0 Å². The molecule has 1 N–H and O–H groups in total. The molecule has 0 radical (unpaired) electrons. The summed E-state index contributed by atoms with van der Waals surface area (Å²) in [5, 5.41) is 4.16. The summed E-state index contributed by atoms with van der Waals surface area (Å²) < 4.78 is 2.18. The smallest absolute Gasteiger partial charge is 0.0843 e. The van der Waals surface area contributed by atoms with Crippen molar-refractivity contribution in [3.8, 4) is 0 Å². The lowest BCUT2D eigenvalue weighted by Crippen LogP contribution is -2.17. The van der Waals surface area contributed by atoms with Crippen molar-refractivity contribution in [2.75, 3.05) is 7.05 Å². The molecule has 1 heterocycles. The molecule has 1 atom stereocenters. The van der Waals surface area contributed by atoms with Gasteiger partial charge in [0.05, 0.1) is 9.83 Å². The van der Waals surface area contributed by atoms with Crippen molar-refractivity contribution in [3.05, 3.63) is 53.0 Å². The van der Waals surface area contributed by atoms with Crippen LogP contribution in [0.4, 0.5) is 0 Å². The Balaban J connectivity index is 2.50. The van der Waals surface area contributed by atoms with Crippen molar-refractivity contribution < 1.29 is 0 Å². The molecule has 0 aliphatic carbocycles. The van der Waals surface area contributed by atoms with Crippen LogP contribution < -0.4 is 5.32 Å². The third-order valence-corrected chi connectivity index (χ3v) is 6.81. The summed E-state index contributed by atoms with van der Waals surface area (Å²) >= 11 is 15.2. The molecule has 1 unspecified atom stereocenters. The fourth-order valence-electron chi connectivity index (χ4n) is 1.98. The highest BCUT2D eigenvalue weighted by atomic mass is 79.9. The lowest BCUT2D eigenvalue weighted by Gasteiger charge is -2.18. The van der Waals surface area contributed by atoms with E-state index in [4.69, 9.17) is 11.6 Å². The van der Waals surface area contributed by atoms with Crippen LogP contribution in [0.3, 0.4) is 0 Å². The SMILES string of the molecule is CNC(c1cc(Br)c(Br)s1)c1cc(C)c(C)cc1Cl. The number of thiophene rings is 1. The molecule has 0 fully saturated rings. The van der Waals surface area contributed by atoms with E-state index in [0.717, 1.165) is 18.8 Å². The van der Waals surface area contributed by atoms with Gasteiger partial charge in [0.15, 0.2) is 0 Å². The Hall–Kier alpha value is 0.130. The van der Waals surface area contributed by atoms with E-state index in [-0.39, 0.29) is 6.04 Å². The van der Waals surface area contributed by atoms with Gasteiger partial charge in [-0.15, -0.1) is 11.3 Å². The van der Waals surface area contributed by atoms with Crippen molar-refractivity contribution in [2.45, 2.75) is 19.9 Å². The molecule has 5 heteroatoms. The monoisotopic (exact) mass is 421 g/mol. The van der Waals surface area contributed by atoms with Crippen LogP contribution in [0.5, 0.6) is 0 Å². The Morgan fingerprint density at radius 2 is 1.79 bits per heavy atom. The number of benzene rings is 1. The number of hydrogen-bond acceptors (Lipinski definition) is 2. The molecule has 0 aliphatic rings. The molecule has 0 spiro atoms. The molecule has 1 nitrogen and oxygen atoms in total. The van der Waals surface area contributed by atoms with Gasteiger partial charge in [0, 0.05) is 14.4 Å². The highest BCUT2D eigenvalue weighted by Gasteiger charge is 2.19. The maximum absolute atomic E-state index is 6.41. The van der Waals surface area contributed by atoms with Crippen LogP contribution >= 0.6 is 54.8 Å². The number of nitrogens with one attached hydrogen (secondary N) is 1. The van der Waals surface area contributed by atoms with Crippen molar-refractivity contribution in [2.24, 2.45) is 0 Å². The summed E-state index contributed by atoms with van der Waals surface area (Å²) in [6.07, 6.45) is 0. The van der Waals surface area contributed by atoms with Gasteiger partial charge < -0.3 is 5.32 Å². The summed E-state index contributed by atoms with van der Waals surface area (Å²) in [6.45, 7) is 4.19. The van der Waals surface area contributed by atoms with Gasteiger partial charge in [-0.2, -0.15) is 0 Å². The van der Waals surface area contributed by atoms with E-state index in [9.17, 15) is 0 Å². The predicted molar refractivity (Wildman–Crippen MR) is 91.5 cm³/mol. The first-order chi connectivity index (χ1) is 8.93. The fourth-order valence-corrected chi connectivity index (χ4v) is 4.53. The first kappa shape index (κ1) is 15.5.